The van der Waals surface area contributed by atoms with E-state index in [0.29, 0.717) is 6.04 Å². The summed E-state index contributed by atoms with van der Waals surface area (Å²) < 4.78 is 0. The first kappa shape index (κ1) is 18.4. The summed E-state index contributed by atoms with van der Waals surface area (Å²) in [5, 5.41) is 4.58. The molecule has 0 aliphatic heterocycles. The summed E-state index contributed by atoms with van der Waals surface area (Å²) in [6.45, 7) is 19.9. The summed E-state index contributed by atoms with van der Waals surface area (Å²) >= 11 is 1.83. The van der Waals surface area contributed by atoms with E-state index in [0.717, 1.165) is 18.2 Å². The van der Waals surface area contributed by atoms with E-state index >= 15 is 0 Å². The minimum absolute atomic E-state index is 0.0886. The van der Waals surface area contributed by atoms with Gasteiger partial charge in [0, 0.05) is 29.9 Å². The molecule has 0 bridgehead atoms. The Kier molecular flexibility index (Phi) is 5.84. The van der Waals surface area contributed by atoms with Gasteiger partial charge in [0.25, 0.3) is 0 Å². The molecule has 3 nitrogen and oxygen atoms in total. The van der Waals surface area contributed by atoms with Gasteiger partial charge in [0.05, 0.1) is 5.69 Å². The van der Waals surface area contributed by atoms with Crippen LogP contribution in [0.4, 0.5) is 5.13 Å². The zero-order chi connectivity index (χ0) is 16.4. The predicted octanol–water partition coefficient (Wildman–Crippen LogP) is 4.42. The monoisotopic (exact) mass is 311 g/mol. The number of hydrogen-bond acceptors (Lipinski definition) is 4. The van der Waals surface area contributed by atoms with Crippen molar-refractivity contribution in [3.8, 4) is 0 Å². The third-order valence-electron chi connectivity index (χ3n) is 4.07. The summed E-state index contributed by atoms with van der Waals surface area (Å²) in [6.07, 6.45) is 0. The van der Waals surface area contributed by atoms with Crippen LogP contribution in [0.25, 0.3) is 0 Å². The highest BCUT2D eigenvalue weighted by molar-refractivity contribution is 7.15. The Morgan fingerprint density at radius 3 is 2.19 bits per heavy atom. The third kappa shape index (κ3) is 4.68. The molecule has 0 aromatic carbocycles. The van der Waals surface area contributed by atoms with Gasteiger partial charge in [-0.1, -0.05) is 48.5 Å². The van der Waals surface area contributed by atoms with E-state index in [1.165, 1.54) is 10.6 Å². The second-order valence-corrected chi connectivity index (χ2v) is 9.01. The maximum absolute atomic E-state index is 4.97. The van der Waals surface area contributed by atoms with Crippen molar-refractivity contribution >= 4 is 16.5 Å². The standard InChI is InChI=1S/C17H33N3S/c1-10-18-11-13-14(17(6,7)8)19-15(21-13)20(9)12(2)16(3,4)5/h12,18H,10-11H2,1-9H3. The molecule has 21 heavy (non-hydrogen) atoms. The number of hydrogen-bond donors (Lipinski definition) is 1. The molecule has 1 rings (SSSR count). The van der Waals surface area contributed by atoms with Gasteiger partial charge in [0.15, 0.2) is 5.13 Å². The van der Waals surface area contributed by atoms with Gasteiger partial charge in [-0.3, -0.25) is 0 Å². The van der Waals surface area contributed by atoms with Gasteiger partial charge >= 0.3 is 0 Å². The minimum atomic E-state index is 0.0886. The molecule has 1 heterocycles. The molecular formula is C17H33N3S. The van der Waals surface area contributed by atoms with Crippen LogP contribution in [-0.2, 0) is 12.0 Å². The molecule has 0 fully saturated rings. The van der Waals surface area contributed by atoms with Gasteiger partial charge < -0.3 is 10.2 Å². The first-order valence-corrected chi connectivity index (χ1v) is 8.73. The fourth-order valence-electron chi connectivity index (χ4n) is 2.18. The summed E-state index contributed by atoms with van der Waals surface area (Å²) in [4.78, 5) is 8.67. The fourth-order valence-corrected chi connectivity index (χ4v) is 3.46. The van der Waals surface area contributed by atoms with Crippen LogP contribution in [-0.4, -0.2) is 24.6 Å². The van der Waals surface area contributed by atoms with Crippen LogP contribution in [0.5, 0.6) is 0 Å². The smallest absolute Gasteiger partial charge is 0.185 e. The summed E-state index contributed by atoms with van der Waals surface area (Å²) in [5.74, 6) is 0. The molecule has 0 aliphatic carbocycles. The van der Waals surface area contributed by atoms with Crippen molar-refractivity contribution in [1.29, 1.82) is 0 Å². The van der Waals surface area contributed by atoms with E-state index in [1.54, 1.807) is 0 Å². The predicted molar refractivity (Wildman–Crippen MR) is 95.5 cm³/mol. The number of nitrogens with zero attached hydrogens (tertiary/aromatic N) is 2. The molecule has 0 radical (unpaired) electrons. The number of anilines is 1. The lowest BCUT2D eigenvalue weighted by atomic mass is 9.87. The number of rotatable bonds is 5. The van der Waals surface area contributed by atoms with Gasteiger partial charge in [-0.05, 0) is 18.9 Å². The van der Waals surface area contributed by atoms with E-state index in [2.05, 4.69) is 72.7 Å². The van der Waals surface area contributed by atoms with Crippen molar-refractivity contribution in [1.82, 2.24) is 10.3 Å². The Morgan fingerprint density at radius 1 is 1.19 bits per heavy atom. The van der Waals surface area contributed by atoms with Crippen LogP contribution in [0.1, 0.15) is 66.0 Å². The molecule has 0 amide bonds. The second-order valence-electron chi connectivity index (χ2n) is 7.95. The highest BCUT2D eigenvalue weighted by Gasteiger charge is 2.29. The average Bonchev–Trinajstić information content (AvgIpc) is 2.77. The van der Waals surface area contributed by atoms with Crippen LogP contribution < -0.4 is 10.2 Å². The lowest BCUT2D eigenvalue weighted by Gasteiger charge is -2.35. The Morgan fingerprint density at radius 2 is 1.76 bits per heavy atom. The normalized spacial score (nSPS) is 14.3. The fraction of sp³-hybridized carbons (Fsp3) is 0.824. The molecule has 0 saturated carbocycles. The highest BCUT2D eigenvalue weighted by atomic mass is 32.1. The maximum atomic E-state index is 4.97. The van der Waals surface area contributed by atoms with E-state index in [4.69, 9.17) is 4.98 Å². The molecule has 1 unspecified atom stereocenters. The highest BCUT2D eigenvalue weighted by Crippen LogP contribution is 2.36. The average molecular weight is 312 g/mol. The van der Waals surface area contributed by atoms with Crippen LogP contribution in [0.2, 0.25) is 0 Å². The summed E-state index contributed by atoms with van der Waals surface area (Å²) in [6, 6.07) is 0.448. The van der Waals surface area contributed by atoms with Crippen LogP contribution in [0.3, 0.4) is 0 Å². The number of aromatic nitrogens is 1. The van der Waals surface area contributed by atoms with Crippen LogP contribution >= 0.6 is 11.3 Å². The molecule has 0 saturated heterocycles. The zero-order valence-electron chi connectivity index (χ0n) is 15.3. The van der Waals surface area contributed by atoms with Crippen LogP contribution in [0.15, 0.2) is 0 Å². The first-order chi connectivity index (χ1) is 9.48. The van der Waals surface area contributed by atoms with Crippen molar-refractivity contribution in [2.24, 2.45) is 5.41 Å². The molecule has 0 aliphatic rings. The molecule has 0 spiro atoms. The van der Waals surface area contributed by atoms with Crippen molar-refractivity contribution in [3.05, 3.63) is 10.6 Å². The zero-order valence-corrected chi connectivity index (χ0v) is 16.1. The minimum Gasteiger partial charge on any atom is -0.348 e. The van der Waals surface area contributed by atoms with Gasteiger partial charge in [-0.2, -0.15) is 0 Å². The Balaban J connectivity index is 3.12. The third-order valence-corrected chi connectivity index (χ3v) is 5.21. The van der Waals surface area contributed by atoms with Crippen LogP contribution in [0, 0.1) is 5.41 Å². The molecule has 1 aromatic rings. The largest absolute Gasteiger partial charge is 0.348 e. The molecule has 4 heteroatoms. The lowest BCUT2D eigenvalue weighted by molar-refractivity contribution is 0.329. The molecule has 1 atom stereocenters. The molecular weight excluding hydrogens is 278 g/mol. The van der Waals surface area contributed by atoms with Gasteiger partial charge in [0.2, 0.25) is 0 Å². The molecule has 1 N–H and O–H groups in total. The van der Waals surface area contributed by atoms with Gasteiger partial charge in [-0.15, -0.1) is 11.3 Å². The van der Waals surface area contributed by atoms with Crippen molar-refractivity contribution < 1.29 is 0 Å². The second kappa shape index (κ2) is 6.66. The Hall–Kier alpha value is -0.610. The van der Waals surface area contributed by atoms with E-state index in [1.807, 2.05) is 11.3 Å². The van der Waals surface area contributed by atoms with Crippen molar-refractivity contribution in [3.63, 3.8) is 0 Å². The SMILES string of the molecule is CCNCc1sc(N(C)C(C)C(C)(C)C)nc1C(C)(C)C. The van der Waals surface area contributed by atoms with Gasteiger partial charge in [0.1, 0.15) is 0 Å². The summed E-state index contributed by atoms with van der Waals surface area (Å²) in [5.41, 5.74) is 1.56. The van der Waals surface area contributed by atoms with Crippen molar-refractivity contribution in [2.45, 2.75) is 73.4 Å². The van der Waals surface area contributed by atoms with E-state index in [-0.39, 0.29) is 10.8 Å². The number of nitrogens with one attached hydrogen (secondary N) is 1. The number of thiazole rings is 1. The van der Waals surface area contributed by atoms with Crippen molar-refractivity contribution in [2.75, 3.05) is 18.5 Å². The van der Waals surface area contributed by atoms with E-state index < -0.39 is 0 Å². The molecule has 1 aromatic heterocycles. The molecule has 122 valence electrons. The lowest BCUT2D eigenvalue weighted by Crippen LogP contribution is -2.39. The quantitative estimate of drug-likeness (QED) is 0.872. The van der Waals surface area contributed by atoms with E-state index in [9.17, 15) is 0 Å². The summed E-state index contributed by atoms with van der Waals surface area (Å²) in [7, 11) is 2.16. The van der Waals surface area contributed by atoms with Gasteiger partial charge in [-0.25, -0.2) is 4.98 Å². The Labute approximate surface area is 135 Å². The Bertz CT molecular complexity index is 452. The first-order valence-electron chi connectivity index (χ1n) is 7.92. The topological polar surface area (TPSA) is 28.2 Å². The maximum Gasteiger partial charge on any atom is 0.185 e.